The van der Waals surface area contributed by atoms with E-state index in [9.17, 15) is 9.59 Å². The molecule has 0 aromatic carbocycles. The molecular weight excluding hydrogens is 232 g/mol. The number of ketones is 1. The fraction of sp³-hybridized carbons (Fsp3) is 0. The first kappa shape index (κ1) is 8.42. The highest BCUT2D eigenvalue weighted by Gasteiger charge is 2.15. The van der Waals surface area contributed by atoms with E-state index in [4.69, 9.17) is 5.11 Å². The van der Waals surface area contributed by atoms with Crippen LogP contribution in [0.4, 0.5) is 0 Å². The van der Waals surface area contributed by atoms with Crippen LogP contribution in [-0.2, 0) is 4.79 Å². The Balaban J connectivity index is 2.94. The van der Waals surface area contributed by atoms with Crippen molar-refractivity contribution in [1.29, 1.82) is 0 Å². The van der Waals surface area contributed by atoms with Crippen molar-refractivity contribution in [3.63, 3.8) is 0 Å². The lowest BCUT2D eigenvalue weighted by Crippen LogP contribution is -2.11. The molecule has 58 valence electrons. The number of hydrogen-bond donors (Lipinski definition) is 1. The van der Waals surface area contributed by atoms with Crippen LogP contribution in [-0.4, -0.2) is 16.9 Å². The van der Waals surface area contributed by atoms with Crippen LogP contribution in [0.1, 0.15) is 10.4 Å². The quantitative estimate of drug-likeness (QED) is 0.627. The summed E-state index contributed by atoms with van der Waals surface area (Å²) in [6.07, 6.45) is 0. The summed E-state index contributed by atoms with van der Waals surface area (Å²) in [5.41, 5.74) is 0.217. The van der Waals surface area contributed by atoms with Gasteiger partial charge < -0.3 is 5.11 Å². The smallest absolute Gasteiger partial charge is 0.377 e. The number of halogens is 1. The van der Waals surface area contributed by atoms with Gasteiger partial charge in [0.1, 0.15) is 0 Å². The van der Waals surface area contributed by atoms with E-state index >= 15 is 0 Å². The molecule has 0 aliphatic heterocycles. The Kier molecular flexibility index (Phi) is 2.41. The average Bonchev–Trinajstić information content (AvgIpc) is 2.34. The second-order valence-electron chi connectivity index (χ2n) is 1.77. The molecule has 11 heavy (non-hydrogen) atoms. The summed E-state index contributed by atoms with van der Waals surface area (Å²) in [7, 11) is 0. The normalized spacial score (nSPS) is 9.55. The predicted molar refractivity (Wildman–Crippen MR) is 44.0 cm³/mol. The number of carboxylic acid groups (broad SMARTS) is 1. The van der Waals surface area contributed by atoms with Crippen LogP contribution in [0.25, 0.3) is 0 Å². The second kappa shape index (κ2) is 3.15. The Morgan fingerprint density at radius 3 is 2.55 bits per heavy atom. The van der Waals surface area contributed by atoms with Crippen molar-refractivity contribution in [3.8, 4) is 0 Å². The lowest BCUT2D eigenvalue weighted by atomic mass is 10.2. The Morgan fingerprint density at radius 2 is 2.18 bits per heavy atom. The first-order valence-corrected chi connectivity index (χ1v) is 4.30. The first-order chi connectivity index (χ1) is 5.11. The number of carbonyl (C=O) groups excluding carboxylic acids is 1. The van der Waals surface area contributed by atoms with Gasteiger partial charge in [0.25, 0.3) is 5.78 Å². The van der Waals surface area contributed by atoms with Crippen LogP contribution < -0.4 is 0 Å². The van der Waals surface area contributed by atoms with Gasteiger partial charge in [-0.2, -0.15) is 0 Å². The SMILES string of the molecule is O=C(O)C(=O)c1csc(Br)c1. The van der Waals surface area contributed by atoms with Crippen molar-refractivity contribution in [2.75, 3.05) is 0 Å². The molecule has 0 saturated heterocycles. The summed E-state index contributed by atoms with van der Waals surface area (Å²) in [5, 5.41) is 9.79. The Labute approximate surface area is 74.8 Å². The fourth-order valence-electron chi connectivity index (χ4n) is 0.553. The first-order valence-electron chi connectivity index (χ1n) is 2.63. The van der Waals surface area contributed by atoms with Crippen molar-refractivity contribution >= 4 is 39.0 Å². The van der Waals surface area contributed by atoms with Crippen LogP contribution in [0.3, 0.4) is 0 Å². The highest BCUT2D eigenvalue weighted by Crippen LogP contribution is 2.20. The lowest BCUT2D eigenvalue weighted by Gasteiger charge is -1.85. The lowest BCUT2D eigenvalue weighted by molar-refractivity contribution is -0.131. The van der Waals surface area contributed by atoms with Gasteiger partial charge in [-0.3, -0.25) is 4.79 Å². The highest BCUT2D eigenvalue weighted by atomic mass is 79.9. The monoisotopic (exact) mass is 234 g/mol. The molecule has 1 aromatic rings. The molecule has 3 nitrogen and oxygen atoms in total. The summed E-state index contributed by atoms with van der Waals surface area (Å²) in [6.45, 7) is 0. The van der Waals surface area contributed by atoms with Crippen LogP contribution in [0.15, 0.2) is 15.2 Å². The van der Waals surface area contributed by atoms with E-state index < -0.39 is 11.8 Å². The maximum Gasteiger partial charge on any atom is 0.377 e. The van der Waals surface area contributed by atoms with E-state index in [-0.39, 0.29) is 5.56 Å². The van der Waals surface area contributed by atoms with E-state index in [2.05, 4.69) is 15.9 Å². The number of aliphatic carboxylic acids is 1. The third-order valence-corrected chi connectivity index (χ3v) is 2.53. The molecule has 0 spiro atoms. The zero-order chi connectivity index (χ0) is 8.43. The zero-order valence-electron chi connectivity index (χ0n) is 5.20. The molecule has 1 aromatic heterocycles. The molecule has 0 unspecified atom stereocenters. The van der Waals surface area contributed by atoms with E-state index in [1.165, 1.54) is 22.8 Å². The molecule has 0 amide bonds. The minimum absolute atomic E-state index is 0.217. The summed E-state index contributed by atoms with van der Waals surface area (Å²) in [5.74, 6) is -2.29. The fourth-order valence-corrected chi connectivity index (χ4v) is 1.69. The standard InChI is InChI=1S/C6H3BrO3S/c7-4-1-3(2-11-4)5(8)6(9)10/h1-2H,(H,9,10). The molecule has 1 rings (SSSR count). The molecule has 0 fully saturated rings. The van der Waals surface area contributed by atoms with E-state index in [1.807, 2.05) is 0 Å². The van der Waals surface area contributed by atoms with Crippen molar-refractivity contribution in [3.05, 3.63) is 20.8 Å². The second-order valence-corrected chi connectivity index (χ2v) is 4.06. The third kappa shape index (κ3) is 1.87. The van der Waals surface area contributed by atoms with Crippen LogP contribution in [0.5, 0.6) is 0 Å². The van der Waals surface area contributed by atoms with Crippen LogP contribution >= 0.6 is 27.3 Å². The van der Waals surface area contributed by atoms with Gasteiger partial charge in [0.2, 0.25) is 0 Å². The highest BCUT2D eigenvalue weighted by molar-refractivity contribution is 9.11. The van der Waals surface area contributed by atoms with Crippen molar-refractivity contribution in [1.82, 2.24) is 0 Å². The van der Waals surface area contributed by atoms with E-state index in [0.29, 0.717) is 0 Å². The number of thiophene rings is 1. The number of carboxylic acids is 1. The van der Waals surface area contributed by atoms with Gasteiger partial charge in [-0.25, -0.2) is 4.79 Å². The van der Waals surface area contributed by atoms with Gasteiger partial charge in [-0.15, -0.1) is 11.3 Å². The van der Waals surface area contributed by atoms with Crippen LogP contribution in [0, 0.1) is 0 Å². The number of carbonyl (C=O) groups is 2. The van der Waals surface area contributed by atoms with Gasteiger partial charge in [-0.05, 0) is 22.0 Å². The molecular formula is C6H3BrO3S. The van der Waals surface area contributed by atoms with E-state index in [0.717, 1.165) is 3.79 Å². The van der Waals surface area contributed by atoms with Gasteiger partial charge in [0, 0.05) is 10.9 Å². The Hall–Kier alpha value is -0.680. The van der Waals surface area contributed by atoms with Crippen molar-refractivity contribution < 1.29 is 14.7 Å². The largest absolute Gasteiger partial charge is 0.475 e. The van der Waals surface area contributed by atoms with Gasteiger partial charge >= 0.3 is 5.97 Å². The summed E-state index contributed by atoms with van der Waals surface area (Å²) < 4.78 is 0.752. The van der Waals surface area contributed by atoms with Gasteiger partial charge in [-0.1, -0.05) is 0 Å². The number of Topliss-reactive ketones (excluding diaryl/α,β-unsaturated/α-hetero) is 1. The molecule has 5 heteroatoms. The minimum Gasteiger partial charge on any atom is -0.475 e. The Bertz CT molecular complexity index is 305. The molecule has 0 radical (unpaired) electrons. The summed E-state index contributed by atoms with van der Waals surface area (Å²) in [4.78, 5) is 20.9. The maximum atomic E-state index is 10.7. The molecule has 1 heterocycles. The molecule has 0 atom stereocenters. The minimum atomic E-state index is -1.42. The topological polar surface area (TPSA) is 54.4 Å². The van der Waals surface area contributed by atoms with Crippen molar-refractivity contribution in [2.24, 2.45) is 0 Å². The number of hydrogen-bond acceptors (Lipinski definition) is 3. The Morgan fingerprint density at radius 1 is 1.55 bits per heavy atom. The molecule has 0 aliphatic carbocycles. The van der Waals surface area contributed by atoms with E-state index in [1.54, 1.807) is 0 Å². The summed E-state index contributed by atoms with van der Waals surface area (Å²) >= 11 is 4.41. The third-order valence-electron chi connectivity index (χ3n) is 1.02. The predicted octanol–water partition coefficient (Wildman–Crippen LogP) is 1.78. The molecule has 0 bridgehead atoms. The molecule has 0 aliphatic rings. The molecule has 1 N–H and O–H groups in total. The zero-order valence-corrected chi connectivity index (χ0v) is 7.61. The summed E-state index contributed by atoms with van der Waals surface area (Å²) in [6, 6.07) is 1.49. The maximum absolute atomic E-state index is 10.7. The van der Waals surface area contributed by atoms with Gasteiger partial charge in [0.05, 0.1) is 3.79 Å². The number of rotatable bonds is 2. The van der Waals surface area contributed by atoms with Crippen LogP contribution in [0.2, 0.25) is 0 Å². The van der Waals surface area contributed by atoms with Crippen molar-refractivity contribution in [2.45, 2.75) is 0 Å². The van der Waals surface area contributed by atoms with Gasteiger partial charge in [0.15, 0.2) is 0 Å². The average molecular weight is 235 g/mol. The molecule has 0 saturated carbocycles.